The van der Waals surface area contributed by atoms with Crippen molar-refractivity contribution >= 4 is 19.4 Å². The molecule has 140 valence electrons. The van der Waals surface area contributed by atoms with Gasteiger partial charge in [0.25, 0.3) is 0 Å². The van der Waals surface area contributed by atoms with Gasteiger partial charge in [-0.25, -0.2) is 5.06 Å². The predicted octanol–water partition coefficient (Wildman–Crippen LogP) is 2.72. The molecule has 0 aliphatic carbocycles. The van der Waals surface area contributed by atoms with Crippen molar-refractivity contribution in [3.63, 3.8) is 0 Å². The van der Waals surface area contributed by atoms with Crippen LogP contribution in [0, 0.1) is 0 Å². The smallest absolute Gasteiger partial charge is 0.338 e. The number of carbonyl (C=O) groups excluding carboxylic acids is 2. The van der Waals surface area contributed by atoms with E-state index in [0.717, 1.165) is 0 Å². The van der Waals surface area contributed by atoms with Crippen LogP contribution in [0.1, 0.15) is 48.8 Å². The first kappa shape index (κ1) is 21.3. The van der Waals surface area contributed by atoms with Crippen molar-refractivity contribution in [1.82, 2.24) is 5.06 Å². The van der Waals surface area contributed by atoms with E-state index in [2.05, 4.69) is 0 Å². The zero-order chi connectivity index (χ0) is 19.0. The molecule has 0 aromatic heterocycles. The van der Waals surface area contributed by atoms with E-state index in [1.807, 2.05) is 0 Å². The van der Waals surface area contributed by atoms with Gasteiger partial charge in [0.1, 0.15) is 0 Å². The third kappa shape index (κ3) is 5.93. The van der Waals surface area contributed by atoms with Crippen LogP contribution >= 0.6 is 7.60 Å². The van der Waals surface area contributed by atoms with Gasteiger partial charge in [-0.1, -0.05) is 12.1 Å². The van der Waals surface area contributed by atoms with Crippen LogP contribution in [0.5, 0.6) is 0 Å². The topological polar surface area (TPSA) is 119 Å². The summed E-state index contributed by atoms with van der Waals surface area (Å²) in [7, 11) is -3.54. The standard InChI is InChI=1S/C16H25N2O6P/c1-4-23-25(22,24-5-2)15(10-11-18(21)12(3)19)13-6-8-14(9-7-13)16(17)20/h6-9,15,21H,4-5,10-11H2,1-3H3,(H2,17,20). The van der Waals surface area contributed by atoms with Crippen LogP contribution in [0.2, 0.25) is 0 Å². The van der Waals surface area contributed by atoms with Crippen molar-refractivity contribution in [2.24, 2.45) is 5.73 Å². The van der Waals surface area contributed by atoms with Crippen molar-refractivity contribution in [2.75, 3.05) is 19.8 Å². The largest absolute Gasteiger partial charge is 0.366 e. The monoisotopic (exact) mass is 372 g/mol. The summed E-state index contributed by atoms with van der Waals surface area (Å²) in [6.07, 6.45) is 0.156. The van der Waals surface area contributed by atoms with E-state index in [0.29, 0.717) is 16.2 Å². The van der Waals surface area contributed by atoms with Gasteiger partial charge < -0.3 is 14.8 Å². The van der Waals surface area contributed by atoms with E-state index in [4.69, 9.17) is 14.8 Å². The Morgan fingerprint density at radius 3 is 2.12 bits per heavy atom. The molecule has 0 aliphatic rings. The Morgan fingerprint density at radius 1 is 1.20 bits per heavy atom. The number of hydrogen-bond acceptors (Lipinski definition) is 6. The van der Waals surface area contributed by atoms with Crippen molar-refractivity contribution in [3.05, 3.63) is 35.4 Å². The lowest BCUT2D eigenvalue weighted by Crippen LogP contribution is -2.27. The average Bonchev–Trinajstić information content (AvgIpc) is 2.55. The molecule has 0 aliphatic heterocycles. The number of hydroxylamine groups is 2. The molecule has 0 saturated heterocycles. The minimum atomic E-state index is -3.54. The Kier molecular flexibility index (Phi) is 8.25. The van der Waals surface area contributed by atoms with Crippen LogP contribution in [-0.2, 0) is 18.4 Å². The number of nitrogens with zero attached hydrogens (tertiary/aromatic N) is 1. The number of carbonyl (C=O) groups is 2. The summed E-state index contributed by atoms with van der Waals surface area (Å²) in [5.41, 5.74) is 5.45. The molecular weight excluding hydrogens is 347 g/mol. The van der Waals surface area contributed by atoms with E-state index >= 15 is 0 Å². The molecule has 1 atom stereocenters. The van der Waals surface area contributed by atoms with Crippen LogP contribution in [0.4, 0.5) is 0 Å². The summed E-state index contributed by atoms with van der Waals surface area (Å²) >= 11 is 0. The van der Waals surface area contributed by atoms with Crippen LogP contribution in [-0.4, -0.2) is 41.8 Å². The SMILES string of the molecule is CCOP(=O)(OCC)C(CCN(O)C(C)=O)c1ccc(C(N)=O)cc1. The van der Waals surface area contributed by atoms with Gasteiger partial charge in [0, 0.05) is 19.0 Å². The lowest BCUT2D eigenvalue weighted by Gasteiger charge is -2.27. The fourth-order valence-electron chi connectivity index (χ4n) is 2.36. The number of primary amides is 1. The summed E-state index contributed by atoms with van der Waals surface area (Å²) in [6.45, 7) is 4.95. The van der Waals surface area contributed by atoms with E-state index in [-0.39, 0.29) is 26.2 Å². The van der Waals surface area contributed by atoms with E-state index < -0.39 is 25.1 Å². The second kappa shape index (κ2) is 9.68. The number of hydrogen-bond donors (Lipinski definition) is 2. The van der Waals surface area contributed by atoms with Crippen molar-refractivity contribution in [2.45, 2.75) is 32.9 Å². The third-order valence-electron chi connectivity index (χ3n) is 3.56. The molecular formula is C16H25N2O6P. The van der Waals surface area contributed by atoms with Crippen molar-refractivity contribution in [3.8, 4) is 0 Å². The number of nitrogens with two attached hydrogens (primary N) is 1. The van der Waals surface area contributed by atoms with Gasteiger partial charge in [-0.15, -0.1) is 0 Å². The minimum Gasteiger partial charge on any atom is -0.366 e. The van der Waals surface area contributed by atoms with Gasteiger partial charge in [-0.2, -0.15) is 0 Å². The van der Waals surface area contributed by atoms with Gasteiger partial charge in [0.15, 0.2) is 0 Å². The number of benzene rings is 1. The highest BCUT2D eigenvalue weighted by molar-refractivity contribution is 7.54. The van der Waals surface area contributed by atoms with Crippen molar-refractivity contribution in [1.29, 1.82) is 0 Å². The van der Waals surface area contributed by atoms with Gasteiger partial charge >= 0.3 is 7.60 Å². The van der Waals surface area contributed by atoms with Gasteiger partial charge in [0.2, 0.25) is 11.8 Å². The first-order valence-electron chi connectivity index (χ1n) is 8.00. The summed E-state index contributed by atoms with van der Waals surface area (Å²) in [5, 5.41) is 10.2. The van der Waals surface area contributed by atoms with Gasteiger partial charge in [-0.3, -0.25) is 19.4 Å². The summed E-state index contributed by atoms with van der Waals surface area (Å²) in [6, 6.07) is 6.28. The zero-order valence-corrected chi connectivity index (χ0v) is 15.6. The first-order valence-corrected chi connectivity index (χ1v) is 9.61. The van der Waals surface area contributed by atoms with Crippen LogP contribution in [0.3, 0.4) is 0 Å². The normalized spacial score (nSPS) is 12.6. The van der Waals surface area contributed by atoms with Crippen LogP contribution in [0.15, 0.2) is 24.3 Å². The molecule has 9 heteroatoms. The maximum absolute atomic E-state index is 13.2. The number of rotatable bonds is 10. The molecule has 1 aromatic carbocycles. The summed E-state index contributed by atoms with van der Waals surface area (Å²) < 4.78 is 24.0. The van der Waals surface area contributed by atoms with E-state index in [9.17, 15) is 19.4 Å². The summed E-state index contributed by atoms with van der Waals surface area (Å²) in [4.78, 5) is 22.4. The molecule has 1 unspecified atom stereocenters. The Morgan fingerprint density at radius 2 is 1.72 bits per heavy atom. The quantitative estimate of drug-likeness (QED) is 0.370. The Balaban J connectivity index is 3.18. The average molecular weight is 372 g/mol. The minimum absolute atomic E-state index is 0.0400. The molecule has 25 heavy (non-hydrogen) atoms. The molecule has 0 saturated carbocycles. The maximum atomic E-state index is 13.2. The number of amides is 2. The molecule has 1 rings (SSSR count). The van der Waals surface area contributed by atoms with Crippen molar-refractivity contribution < 1.29 is 28.4 Å². The predicted molar refractivity (Wildman–Crippen MR) is 92.3 cm³/mol. The second-order valence-corrected chi connectivity index (χ2v) is 7.53. The molecule has 8 nitrogen and oxygen atoms in total. The lowest BCUT2D eigenvalue weighted by atomic mass is 10.1. The Hall–Kier alpha value is -1.73. The third-order valence-corrected chi connectivity index (χ3v) is 6.11. The molecule has 3 N–H and O–H groups in total. The zero-order valence-electron chi connectivity index (χ0n) is 14.7. The second-order valence-electron chi connectivity index (χ2n) is 5.31. The Labute approximate surface area is 147 Å². The molecule has 0 spiro atoms. The molecule has 0 radical (unpaired) electrons. The molecule has 0 heterocycles. The molecule has 1 aromatic rings. The van der Waals surface area contributed by atoms with Crippen LogP contribution < -0.4 is 5.73 Å². The van der Waals surface area contributed by atoms with Gasteiger partial charge in [0.05, 0.1) is 18.9 Å². The maximum Gasteiger partial charge on any atom is 0.338 e. The van der Waals surface area contributed by atoms with Crippen LogP contribution in [0.25, 0.3) is 0 Å². The lowest BCUT2D eigenvalue weighted by molar-refractivity contribution is -0.162. The molecule has 0 bridgehead atoms. The first-order chi connectivity index (χ1) is 11.7. The van der Waals surface area contributed by atoms with E-state index in [1.54, 1.807) is 26.0 Å². The molecule has 0 fully saturated rings. The highest BCUT2D eigenvalue weighted by Gasteiger charge is 2.37. The fourth-order valence-corrected chi connectivity index (χ4v) is 4.48. The Bertz CT molecular complexity index is 624. The fraction of sp³-hybridized carbons (Fsp3) is 0.500. The molecule has 2 amide bonds. The highest BCUT2D eigenvalue weighted by Crippen LogP contribution is 2.62. The van der Waals surface area contributed by atoms with E-state index in [1.165, 1.54) is 19.1 Å². The summed E-state index contributed by atoms with van der Waals surface area (Å²) in [5.74, 6) is -1.09. The van der Waals surface area contributed by atoms with Gasteiger partial charge in [-0.05, 0) is 38.0 Å². The highest BCUT2D eigenvalue weighted by atomic mass is 31.2.